The predicted molar refractivity (Wildman–Crippen MR) is 111 cm³/mol. The van der Waals surface area contributed by atoms with Gasteiger partial charge in [-0.25, -0.2) is 4.57 Å². The van der Waals surface area contributed by atoms with Crippen LogP contribution in [0.2, 0.25) is 0 Å². The van der Waals surface area contributed by atoms with E-state index in [1.165, 1.54) is 16.7 Å². The molecule has 2 aromatic rings. The van der Waals surface area contributed by atoms with E-state index < -0.39 is 13.5 Å². The second-order valence-electron chi connectivity index (χ2n) is 6.21. The monoisotopic (exact) mass is 442 g/mol. The van der Waals surface area contributed by atoms with E-state index in [9.17, 15) is 4.57 Å². The number of phosphoric acid groups is 1. The highest BCUT2D eigenvalue weighted by Crippen LogP contribution is 2.45. The highest BCUT2D eigenvalue weighted by Gasteiger charge is 2.23. The first kappa shape index (κ1) is 22.8. The molecule has 150 valence electrons. The average molecular weight is 443 g/mol. The van der Waals surface area contributed by atoms with Crippen LogP contribution in [0.1, 0.15) is 23.5 Å². The topological polar surface area (TPSA) is 108 Å². The van der Waals surface area contributed by atoms with Gasteiger partial charge in [-0.2, -0.15) is 8.15 Å². The maximum atomic E-state index is 9.80. The fourth-order valence-corrected chi connectivity index (χ4v) is 3.05. The van der Waals surface area contributed by atoms with Gasteiger partial charge in [0.25, 0.3) is 0 Å². The molecule has 0 heterocycles. The standard InChI is InChI=1S/C19H20N2.Cl2HO4P/c20-19(21)13-11-17(12-14-19)18(15-7-3-1-4-8-15)16-9-5-2-6-10-16;1-5-7(3,4)6-2/h1-13,18H,14,20-21H2;(H,3,4). The number of halogens is 2. The highest BCUT2D eigenvalue weighted by molar-refractivity contribution is 7.49. The first-order valence-electron chi connectivity index (χ1n) is 8.28. The van der Waals surface area contributed by atoms with Gasteiger partial charge >= 0.3 is 7.82 Å². The van der Waals surface area contributed by atoms with Gasteiger partial charge in [0.1, 0.15) is 0 Å². The summed E-state index contributed by atoms with van der Waals surface area (Å²) in [7, 11) is -4.12. The van der Waals surface area contributed by atoms with Crippen molar-refractivity contribution in [3.05, 3.63) is 95.6 Å². The Morgan fingerprint density at radius 2 is 1.43 bits per heavy atom. The van der Waals surface area contributed by atoms with Crippen molar-refractivity contribution in [2.45, 2.75) is 18.0 Å². The number of nitrogens with two attached hydrogens (primary N) is 2. The van der Waals surface area contributed by atoms with Crippen LogP contribution in [0.3, 0.4) is 0 Å². The van der Waals surface area contributed by atoms with Crippen LogP contribution in [0.15, 0.2) is 84.5 Å². The normalized spacial score (nSPS) is 15.6. The molecule has 1 aliphatic rings. The maximum absolute atomic E-state index is 9.80. The van der Waals surface area contributed by atoms with E-state index >= 15 is 0 Å². The number of benzene rings is 2. The number of allylic oxidation sites excluding steroid dienone is 2. The van der Waals surface area contributed by atoms with E-state index in [1.807, 2.05) is 18.2 Å². The lowest BCUT2D eigenvalue weighted by Gasteiger charge is -2.27. The molecule has 0 saturated heterocycles. The zero-order valence-corrected chi connectivity index (χ0v) is 17.2. The zero-order chi connectivity index (χ0) is 20.6. The molecule has 0 amide bonds. The molecule has 9 heteroatoms. The van der Waals surface area contributed by atoms with Gasteiger partial charge in [-0.05, 0) is 22.8 Å². The van der Waals surface area contributed by atoms with Gasteiger partial charge in [-0.15, -0.1) is 0 Å². The number of hydrogen-bond acceptors (Lipinski definition) is 5. The molecule has 0 unspecified atom stereocenters. The largest absolute Gasteiger partial charge is 0.505 e. The Labute approximate surface area is 174 Å². The number of rotatable bonds is 5. The van der Waals surface area contributed by atoms with E-state index in [-0.39, 0.29) is 5.92 Å². The summed E-state index contributed by atoms with van der Waals surface area (Å²) in [6.45, 7) is 0. The van der Waals surface area contributed by atoms with Gasteiger partial charge in [-0.3, -0.25) is 0 Å². The van der Waals surface area contributed by atoms with Crippen LogP contribution in [-0.2, 0) is 12.7 Å². The summed E-state index contributed by atoms with van der Waals surface area (Å²) in [4.78, 5) is 7.98. The van der Waals surface area contributed by atoms with Crippen molar-refractivity contribution in [2.75, 3.05) is 0 Å². The lowest BCUT2D eigenvalue weighted by atomic mass is 9.81. The molecule has 0 radical (unpaired) electrons. The molecule has 0 fully saturated rings. The van der Waals surface area contributed by atoms with Crippen LogP contribution < -0.4 is 11.5 Å². The van der Waals surface area contributed by atoms with E-state index in [0.29, 0.717) is 6.42 Å². The fraction of sp³-hybridized carbons (Fsp3) is 0.158. The molecule has 0 spiro atoms. The van der Waals surface area contributed by atoms with E-state index in [2.05, 4.69) is 92.6 Å². The molecule has 0 aliphatic heterocycles. The Hall–Kier alpha value is -1.47. The van der Waals surface area contributed by atoms with Crippen LogP contribution >= 0.6 is 31.6 Å². The Morgan fingerprint density at radius 1 is 0.964 bits per heavy atom. The maximum Gasteiger partial charge on any atom is 0.505 e. The summed E-state index contributed by atoms with van der Waals surface area (Å²) >= 11 is 8.74. The molecule has 0 bridgehead atoms. The summed E-state index contributed by atoms with van der Waals surface area (Å²) in [5, 5.41) is 0. The van der Waals surface area contributed by atoms with Gasteiger partial charge in [0.05, 0.1) is 29.4 Å². The SMILES string of the molecule is NC1(N)C=CC(C(c2ccccc2)c2ccccc2)=CC1.O=P(O)(OCl)OCl. The minimum atomic E-state index is -4.12. The van der Waals surface area contributed by atoms with Gasteiger partial charge in [0.2, 0.25) is 0 Å². The summed E-state index contributed by atoms with van der Waals surface area (Å²) < 4.78 is 16.4. The van der Waals surface area contributed by atoms with E-state index in [1.54, 1.807) is 0 Å². The van der Waals surface area contributed by atoms with Gasteiger partial charge < -0.3 is 16.4 Å². The number of hydrogen-bond donors (Lipinski definition) is 3. The first-order valence-corrected chi connectivity index (χ1v) is 10.4. The highest BCUT2D eigenvalue weighted by atomic mass is 35.5. The van der Waals surface area contributed by atoms with Crippen molar-refractivity contribution in [1.82, 2.24) is 0 Å². The second-order valence-corrected chi connectivity index (χ2v) is 8.26. The second kappa shape index (κ2) is 10.3. The molecular weight excluding hydrogens is 422 g/mol. The summed E-state index contributed by atoms with van der Waals surface area (Å²) in [6, 6.07) is 21.1. The van der Waals surface area contributed by atoms with Gasteiger partial charge in [0.15, 0.2) is 0 Å². The molecular formula is C19H21Cl2N2O4P. The first-order chi connectivity index (χ1) is 13.3. The molecule has 0 saturated carbocycles. The third-order valence-electron chi connectivity index (χ3n) is 4.05. The molecule has 0 aromatic heterocycles. The van der Waals surface area contributed by atoms with Crippen LogP contribution in [0.5, 0.6) is 0 Å². The zero-order valence-electron chi connectivity index (χ0n) is 14.8. The summed E-state index contributed by atoms with van der Waals surface area (Å²) in [5.41, 5.74) is 15.0. The third-order valence-corrected chi connectivity index (χ3v) is 5.45. The molecule has 2 aromatic carbocycles. The lowest BCUT2D eigenvalue weighted by Crippen LogP contribution is -2.47. The Morgan fingerprint density at radius 3 is 1.75 bits per heavy atom. The van der Waals surface area contributed by atoms with Crippen LogP contribution in [-0.4, -0.2) is 10.6 Å². The fourth-order valence-electron chi connectivity index (χ4n) is 2.78. The van der Waals surface area contributed by atoms with Crippen molar-refractivity contribution in [2.24, 2.45) is 11.5 Å². The molecule has 5 N–H and O–H groups in total. The van der Waals surface area contributed by atoms with Crippen molar-refractivity contribution in [1.29, 1.82) is 0 Å². The van der Waals surface area contributed by atoms with E-state index in [0.717, 1.165) is 0 Å². The molecule has 6 nitrogen and oxygen atoms in total. The van der Waals surface area contributed by atoms with Crippen LogP contribution in [0.4, 0.5) is 0 Å². The Bertz CT molecular complexity index is 813. The Balaban J connectivity index is 0.000000345. The van der Waals surface area contributed by atoms with Crippen molar-refractivity contribution < 1.29 is 17.6 Å². The van der Waals surface area contributed by atoms with Crippen molar-refractivity contribution in [3.63, 3.8) is 0 Å². The predicted octanol–water partition coefficient (Wildman–Crippen LogP) is 4.75. The minimum Gasteiger partial charge on any atom is -0.310 e. The summed E-state index contributed by atoms with van der Waals surface area (Å²) in [6.07, 6.45) is 6.79. The summed E-state index contributed by atoms with van der Waals surface area (Å²) in [5.74, 6) is 0.222. The Kier molecular flexibility index (Phi) is 8.43. The molecule has 3 rings (SSSR count). The average Bonchev–Trinajstić information content (AvgIpc) is 2.71. The van der Waals surface area contributed by atoms with Crippen molar-refractivity contribution in [3.8, 4) is 0 Å². The quantitative estimate of drug-likeness (QED) is 0.455. The molecule has 0 atom stereocenters. The van der Waals surface area contributed by atoms with Gasteiger partial charge in [0, 0.05) is 12.3 Å². The van der Waals surface area contributed by atoms with E-state index in [4.69, 9.17) is 16.4 Å². The van der Waals surface area contributed by atoms with Gasteiger partial charge in [-0.1, -0.05) is 72.8 Å². The third kappa shape index (κ3) is 6.85. The smallest absolute Gasteiger partial charge is 0.310 e. The van der Waals surface area contributed by atoms with Crippen molar-refractivity contribution >= 4 is 31.6 Å². The van der Waals surface area contributed by atoms with Crippen LogP contribution in [0.25, 0.3) is 0 Å². The van der Waals surface area contributed by atoms with Crippen LogP contribution in [0, 0.1) is 0 Å². The lowest BCUT2D eigenvalue weighted by molar-refractivity contribution is 0.310. The minimum absolute atomic E-state index is 0.222. The molecule has 28 heavy (non-hydrogen) atoms. The molecule has 1 aliphatic carbocycles.